The van der Waals surface area contributed by atoms with E-state index < -0.39 is 0 Å². The van der Waals surface area contributed by atoms with Crippen LogP contribution >= 0.6 is 0 Å². The number of benzene rings is 1. The van der Waals surface area contributed by atoms with Crippen molar-refractivity contribution in [1.29, 1.82) is 0 Å². The number of hydrogen-bond acceptors (Lipinski definition) is 3. The van der Waals surface area contributed by atoms with Crippen LogP contribution in [0.15, 0.2) is 24.3 Å². The van der Waals surface area contributed by atoms with Crippen molar-refractivity contribution in [2.24, 2.45) is 5.92 Å². The Morgan fingerprint density at radius 3 is 2.35 bits per heavy atom. The zero-order valence-corrected chi connectivity index (χ0v) is 13.3. The van der Waals surface area contributed by atoms with E-state index in [1.54, 1.807) is 0 Å². The molecule has 0 saturated heterocycles. The second-order valence-corrected chi connectivity index (χ2v) is 5.37. The van der Waals surface area contributed by atoms with Gasteiger partial charge in [0.25, 0.3) is 0 Å². The highest BCUT2D eigenvalue weighted by Crippen LogP contribution is 2.18. The molecule has 1 unspecified atom stereocenters. The lowest BCUT2D eigenvalue weighted by molar-refractivity contribution is 0.103. The molecule has 0 aliphatic rings. The number of hydrogen-bond donors (Lipinski definition) is 1. The number of rotatable bonds is 10. The molecule has 0 heterocycles. The van der Waals surface area contributed by atoms with Crippen molar-refractivity contribution in [3.05, 3.63) is 29.8 Å². The molecule has 1 aromatic rings. The van der Waals surface area contributed by atoms with Gasteiger partial charge in [0.15, 0.2) is 0 Å². The average Bonchev–Trinajstić information content (AvgIpc) is 2.43. The second-order valence-electron chi connectivity index (χ2n) is 5.37. The summed E-state index contributed by atoms with van der Waals surface area (Å²) in [6.07, 6.45) is 1.11. The summed E-state index contributed by atoms with van der Waals surface area (Å²) in [4.78, 5) is 0. The third-order valence-corrected chi connectivity index (χ3v) is 3.17. The highest BCUT2D eigenvalue weighted by atomic mass is 16.5. The van der Waals surface area contributed by atoms with Crippen LogP contribution in [0.1, 0.15) is 45.7 Å². The van der Waals surface area contributed by atoms with Gasteiger partial charge in [0.05, 0.1) is 19.3 Å². The van der Waals surface area contributed by atoms with Gasteiger partial charge in [0, 0.05) is 6.61 Å². The molecule has 0 saturated carbocycles. The highest BCUT2D eigenvalue weighted by Gasteiger charge is 2.10. The topological polar surface area (TPSA) is 30.5 Å². The van der Waals surface area contributed by atoms with Crippen LogP contribution in [0, 0.1) is 5.92 Å². The standard InChI is InChI=1S/C17H29NO2/c1-5-18-17(13-19-12-11-14(3)4)15-7-9-16(10-8-15)20-6-2/h7-10,14,17-18H,5-6,11-13H2,1-4H3. The van der Waals surface area contributed by atoms with Gasteiger partial charge in [-0.3, -0.25) is 0 Å². The Labute approximate surface area is 123 Å². The molecule has 1 aromatic carbocycles. The minimum atomic E-state index is 0.253. The van der Waals surface area contributed by atoms with Gasteiger partial charge in [0.2, 0.25) is 0 Å². The van der Waals surface area contributed by atoms with Crippen molar-refractivity contribution in [3.63, 3.8) is 0 Å². The summed E-state index contributed by atoms with van der Waals surface area (Å²) in [7, 11) is 0. The van der Waals surface area contributed by atoms with Gasteiger partial charge in [-0.05, 0) is 43.5 Å². The van der Waals surface area contributed by atoms with E-state index in [0.29, 0.717) is 19.1 Å². The molecule has 1 rings (SSSR count). The molecule has 0 amide bonds. The van der Waals surface area contributed by atoms with E-state index in [0.717, 1.165) is 25.3 Å². The number of ether oxygens (including phenoxy) is 2. The van der Waals surface area contributed by atoms with E-state index in [1.165, 1.54) is 5.56 Å². The minimum absolute atomic E-state index is 0.253. The molecule has 20 heavy (non-hydrogen) atoms. The van der Waals surface area contributed by atoms with Crippen molar-refractivity contribution >= 4 is 0 Å². The third kappa shape index (κ3) is 6.40. The molecule has 1 N–H and O–H groups in total. The Balaban J connectivity index is 2.51. The molecule has 0 fully saturated rings. The first-order valence-electron chi connectivity index (χ1n) is 7.71. The first-order valence-corrected chi connectivity index (χ1v) is 7.71. The van der Waals surface area contributed by atoms with Gasteiger partial charge in [-0.1, -0.05) is 32.9 Å². The Morgan fingerprint density at radius 2 is 1.80 bits per heavy atom. The predicted octanol–water partition coefficient (Wildman–Crippen LogP) is 3.80. The summed E-state index contributed by atoms with van der Waals surface area (Å²) < 4.78 is 11.3. The fraction of sp³-hybridized carbons (Fsp3) is 0.647. The van der Waals surface area contributed by atoms with E-state index >= 15 is 0 Å². The van der Waals surface area contributed by atoms with Crippen molar-refractivity contribution in [3.8, 4) is 5.75 Å². The zero-order valence-electron chi connectivity index (χ0n) is 13.3. The maximum absolute atomic E-state index is 5.80. The van der Waals surface area contributed by atoms with Crippen molar-refractivity contribution in [1.82, 2.24) is 5.32 Å². The summed E-state index contributed by atoms with van der Waals surface area (Å²) in [5.74, 6) is 1.62. The second kappa shape index (κ2) is 9.78. The van der Waals surface area contributed by atoms with E-state index in [2.05, 4.69) is 38.2 Å². The molecule has 0 bridgehead atoms. The zero-order chi connectivity index (χ0) is 14.8. The molecule has 0 aliphatic heterocycles. The quantitative estimate of drug-likeness (QED) is 0.661. The van der Waals surface area contributed by atoms with Gasteiger partial charge in [-0.2, -0.15) is 0 Å². The van der Waals surface area contributed by atoms with Crippen LogP contribution in [-0.4, -0.2) is 26.4 Å². The summed E-state index contributed by atoms with van der Waals surface area (Å²) in [6, 6.07) is 8.53. The molecule has 0 radical (unpaired) electrons. The molecule has 0 aromatic heterocycles. The fourth-order valence-corrected chi connectivity index (χ4v) is 2.00. The van der Waals surface area contributed by atoms with E-state index in [-0.39, 0.29) is 6.04 Å². The molecular formula is C17H29NO2. The van der Waals surface area contributed by atoms with Gasteiger partial charge >= 0.3 is 0 Å². The van der Waals surface area contributed by atoms with Gasteiger partial charge < -0.3 is 14.8 Å². The lowest BCUT2D eigenvalue weighted by Crippen LogP contribution is -2.25. The Kier molecular flexibility index (Phi) is 8.31. The molecule has 0 aliphatic carbocycles. The average molecular weight is 279 g/mol. The maximum Gasteiger partial charge on any atom is 0.119 e. The van der Waals surface area contributed by atoms with Crippen LogP contribution in [-0.2, 0) is 4.74 Å². The van der Waals surface area contributed by atoms with Crippen molar-refractivity contribution in [2.45, 2.75) is 40.2 Å². The Morgan fingerprint density at radius 1 is 1.10 bits per heavy atom. The predicted molar refractivity (Wildman–Crippen MR) is 84.3 cm³/mol. The van der Waals surface area contributed by atoms with Crippen LogP contribution in [0.3, 0.4) is 0 Å². The third-order valence-electron chi connectivity index (χ3n) is 3.17. The van der Waals surface area contributed by atoms with Crippen molar-refractivity contribution < 1.29 is 9.47 Å². The van der Waals surface area contributed by atoms with Gasteiger partial charge in [-0.25, -0.2) is 0 Å². The van der Waals surface area contributed by atoms with Crippen LogP contribution in [0.2, 0.25) is 0 Å². The summed E-state index contributed by atoms with van der Waals surface area (Å²) in [5, 5.41) is 3.47. The summed E-state index contributed by atoms with van der Waals surface area (Å²) >= 11 is 0. The number of likely N-dealkylation sites (N-methyl/N-ethyl adjacent to an activating group) is 1. The Hall–Kier alpha value is -1.06. The lowest BCUT2D eigenvalue weighted by Gasteiger charge is -2.19. The van der Waals surface area contributed by atoms with Gasteiger partial charge in [0.1, 0.15) is 5.75 Å². The van der Waals surface area contributed by atoms with E-state index in [1.807, 2.05) is 19.1 Å². The molecule has 114 valence electrons. The molecule has 1 atom stereocenters. The Bertz CT molecular complexity index is 349. The largest absolute Gasteiger partial charge is 0.494 e. The molecule has 3 heteroatoms. The van der Waals surface area contributed by atoms with Gasteiger partial charge in [-0.15, -0.1) is 0 Å². The highest BCUT2D eigenvalue weighted by molar-refractivity contribution is 5.29. The number of nitrogens with one attached hydrogen (secondary N) is 1. The molecule has 0 spiro atoms. The normalized spacial score (nSPS) is 12.7. The van der Waals surface area contributed by atoms with Crippen LogP contribution in [0.4, 0.5) is 0 Å². The first-order chi connectivity index (χ1) is 9.67. The summed E-state index contributed by atoms with van der Waals surface area (Å²) in [6.45, 7) is 11.7. The van der Waals surface area contributed by atoms with Crippen molar-refractivity contribution in [2.75, 3.05) is 26.4 Å². The molecule has 3 nitrogen and oxygen atoms in total. The fourth-order valence-electron chi connectivity index (χ4n) is 2.00. The maximum atomic E-state index is 5.80. The first kappa shape index (κ1) is 17.0. The van der Waals surface area contributed by atoms with Crippen LogP contribution in [0.5, 0.6) is 5.75 Å². The van der Waals surface area contributed by atoms with Crippen LogP contribution < -0.4 is 10.1 Å². The SMILES string of the molecule is CCNC(COCCC(C)C)c1ccc(OCC)cc1. The lowest BCUT2D eigenvalue weighted by atomic mass is 10.1. The minimum Gasteiger partial charge on any atom is -0.494 e. The van der Waals surface area contributed by atoms with Crippen LogP contribution in [0.25, 0.3) is 0 Å². The monoisotopic (exact) mass is 279 g/mol. The smallest absolute Gasteiger partial charge is 0.119 e. The van der Waals surface area contributed by atoms with E-state index in [4.69, 9.17) is 9.47 Å². The molecular weight excluding hydrogens is 250 g/mol. The summed E-state index contributed by atoms with van der Waals surface area (Å²) in [5.41, 5.74) is 1.25. The van der Waals surface area contributed by atoms with E-state index in [9.17, 15) is 0 Å².